The molecule has 16 heteroatoms. The third kappa shape index (κ3) is 9.26. The maximum absolute atomic E-state index is 13.6. The molecule has 332 valence electrons. The lowest BCUT2D eigenvalue weighted by molar-refractivity contribution is -0.961. The van der Waals surface area contributed by atoms with E-state index in [0.29, 0.717) is 60.0 Å². The summed E-state index contributed by atoms with van der Waals surface area (Å²) >= 11 is 0. The van der Waals surface area contributed by atoms with Crippen molar-refractivity contribution in [2.24, 2.45) is 11.8 Å². The molecule has 14 nitrogen and oxygen atoms in total. The summed E-state index contributed by atoms with van der Waals surface area (Å²) in [5.41, 5.74) is 2.02. The Morgan fingerprint density at radius 3 is 1.03 bits per heavy atom. The van der Waals surface area contributed by atoms with Gasteiger partial charge in [0.05, 0.1) is 78.5 Å². The number of carbonyl (C=O) groups is 4. The highest BCUT2D eigenvalue weighted by molar-refractivity contribution is 5.84. The fourth-order valence-electron chi connectivity index (χ4n) is 11.0. The van der Waals surface area contributed by atoms with Crippen molar-refractivity contribution in [1.29, 1.82) is 0 Å². The SMILES string of the molecule is COc1cc(C[N+]2(C)C3CCC2CC(OC(=O)C2CCC2C(=O)O[C@H]2CC4CCC(C2)[N@@+]4(C)Cc2cc(OC)c(OC(C)=O)c(OC)c2)C3)cc(OC)c1OC(C)=O.[Br-].[Br-]. The van der Waals surface area contributed by atoms with Crippen molar-refractivity contribution in [3.05, 3.63) is 35.4 Å². The van der Waals surface area contributed by atoms with E-state index in [1.807, 2.05) is 24.3 Å². The first-order chi connectivity index (χ1) is 27.7. The average Bonchev–Trinajstić information content (AvgIpc) is 3.38. The van der Waals surface area contributed by atoms with Crippen LogP contribution in [0.4, 0.5) is 0 Å². The molecule has 1 aliphatic carbocycles. The monoisotopic (exact) mass is 966 g/mol. The molecular formula is C44H60Br2N2O12. The van der Waals surface area contributed by atoms with Gasteiger partial charge in [-0.1, -0.05) is 0 Å². The first-order valence-electron chi connectivity index (χ1n) is 20.7. The first kappa shape index (κ1) is 47.4. The van der Waals surface area contributed by atoms with Gasteiger partial charge in [0.2, 0.25) is 11.5 Å². The van der Waals surface area contributed by atoms with Crippen LogP contribution in [0.2, 0.25) is 0 Å². The number of ether oxygens (including phenoxy) is 8. The lowest BCUT2D eigenvalue weighted by Gasteiger charge is -2.47. The Bertz CT molecular complexity index is 1710. The van der Waals surface area contributed by atoms with Gasteiger partial charge in [-0.25, -0.2) is 0 Å². The number of esters is 4. The molecule has 2 aromatic rings. The van der Waals surface area contributed by atoms with E-state index >= 15 is 0 Å². The maximum atomic E-state index is 13.6. The second kappa shape index (κ2) is 19.2. The number of quaternary nitrogens is 2. The molecule has 0 N–H and O–H groups in total. The molecule has 0 spiro atoms. The molecule has 6 unspecified atom stereocenters. The minimum atomic E-state index is -0.468. The van der Waals surface area contributed by atoms with Gasteiger partial charge in [-0.3, -0.25) is 19.2 Å². The van der Waals surface area contributed by atoms with Gasteiger partial charge in [-0.2, -0.15) is 0 Å². The van der Waals surface area contributed by atoms with Crippen molar-refractivity contribution in [1.82, 2.24) is 0 Å². The van der Waals surface area contributed by atoms with Crippen LogP contribution in [0.5, 0.6) is 34.5 Å². The van der Waals surface area contributed by atoms with Gasteiger partial charge in [0.25, 0.3) is 0 Å². The van der Waals surface area contributed by atoms with Crippen LogP contribution in [-0.4, -0.2) is 112 Å². The number of hydrogen-bond acceptors (Lipinski definition) is 12. The van der Waals surface area contributed by atoms with Gasteiger partial charge < -0.3 is 80.8 Å². The van der Waals surface area contributed by atoms with Crippen LogP contribution in [0, 0.1) is 11.8 Å². The predicted octanol–water partition coefficient (Wildman–Crippen LogP) is -0.328. The van der Waals surface area contributed by atoms with Gasteiger partial charge in [0.1, 0.15) is 25.3 Å². The van der Waals surface area contributed by atoms with E-state index in [2.05, 4.69) is 14.1 Å². The topological polar surface area (TPSA) is 142 Å². The number of halogens is 2. The van der Waals surface area contributed by atoms with Crippen LogP contribution in [0.1, 0.15) is 89.2 Å². The lowest BCUT2D eigenvalue weighted by Crippen LogP contribution is -3.00. The second-order valence-electron chi connectivity index (χ2n) is 17.5. The number of piperidine rings is 2. The molecule has 4 saturated heterocycles. The Balaban J connectivity index is 0.00000341. The van der Waals surface area contributed by atoms with Crippen molar-refractivity contribution in [3.63, 3.8) is 0 Å². The highest BCUT2D eigenvalue weighted by Crippen LogP contribution is 2.48. The fourth-order valence-corrected chi connectivity index (χ4v) is 11.0. The van der Waals surface area contributed by atoms with Gasteiger partial charge in [-0.15, -0.1) is 0 Å². The molecule has 5 aliphatic rings. The summed E-state index contributed by atoms with van der Waals surface area (Å²) in [4.78, 5) is 50.7. The van der Waals surface area contributed by atoms with E-state index in [9.17, 15) is 19.2 Å². The van der Waals surface area contributed by atoms with Crippen molar-refractivity contribution < 1.29 is 100 Å². The number of fused-ring (bicyclic) bond motifs is 4. The predicted molar refractivity (Wildman–Crippen MR) is 210 cm³/mol. The van der Waals surface area contributed by atoms with Crippen molar-refractivity contribution in [3.8, 4) is 34.5 Å². The smallest absolute Gasteiger partial charge is 0.310 e. The molecule has 4 aliphatic heterocycles. The lowest BCUT2D eigenvalue weighted by atomic mass is 9.73. The van der Waals surface area contributed by atoms with E-state index < -0.39 is 23.8 Å². The molecule has 2 aromatic carbocycles. The summed E-state index contributed by atoms with van der Waals surface area (Å²) < 4.78 is 47.2. The van der Waals surface area contributed by atoms with Crippen molar-refractivity contribution >= 4 is 23.9 Å². The van der Waals surface area contributed by atoms with Crippen molar-refractivity contribution in [2.75, 3.05) is 42.5 Å². The third-order valence-corrected chi connectivity index (χ3v) is 14.2. The molecule has 0 amide bonds. The summed E-state index contributed by atoms with van der Waals surface area (Å²) in [5.74, 6) is -0.0833. The van der Waals surface area contributed by atoms with Crippen LogP contribution >= 0.6 is 0 Å². The van der Waals surface area contributed by atoms with E-state index in [-0.39, 0.29) is 69.6 Å². The van der Waals surface area contributed by atoms with E-state index in [0.717, 1.165) is 84.5 Å². The Hall–Kier alpha value is -3.60. The fraction of sp³-hybridized carbons (Fsp3) is 0.636. The zero-order chi connectivity index (χ0) is 41.5. The maximum Gasteiger partial charge on any atom is 0.310 e. The average molecular weight is 969 g/mol. The van der Waals surface area contributed by atoms with Crippen LogP contribution in [0.3, 0.4) is 0 Å². The quantitative estimate of drug-likeness (QED) is 0.139. The normalized spacial score (nSPS) is 30.9. The third-order valence-electron chi connectivity index (χ3n) is 14.2. The molecule has 1 saturated carbocycles. The zero-order valence-electron chi connectivity index (χ0n) is 36.0. The largest absolute Gasteiger partial charge is 1.00 e. The van der Waals surface area contributed by atoms with Crippen LogP contribution < -0.4 is 62.4 Å². The summed E-state index contributed by atoms with van der Waals surface area (Å²) in [6.07, 6.45) is 8.10. The summed E-state index contributed by atoms with van der Waals surface area (Å²) in [7, 11) is 10.7. The molecule has 4 bridgehead atoms. The van der Waals surface area contributed by atoms with Gasteiger partial charge in [0, 0.05) is 76.3 Å². The molecule has 0 aromatic heterocycles. The van der Waals surface area contributed by atoms with E-state index in [4.69, 9.17) is 37.9 Å². The molecule has 7 rings (SSSR count). The number of carbonyl (C=O) groups excluding carboxylic acids is 4. The zero-order valence-corrected chi connectivity index (χ0v) is 39.1. The minimum absolute atomic E-state index is 0. The number of rotatable bonds is 14. The second-order valence-corrected chi connectivity index (χ2v) is 17.5. The standard InChI is InChI=1S/C44H60N2O12.2BrH/c1-25(47)55-41-37(51-5)15-27(16-38(41)52-6)23-45(3)29-9-10-30(45)20-33(19-29)57-43(49)35-13-14-36(35)44(50)58-34-21-31-11-12-32(22-34)46(31,4)24-28-17-39(53-7)42(56-26(2)48)40(18-28)54-8;;/h15-18,29-36H,9-14,19-24H2,1-8H3;2*1H/q+2;;/p-2/t29?,30?,31?,32?,33-,34?,35?,36?,45-,46?;;. The number of methoxy groups -OCH3 is 4. The highest BCUT2D eigenvalue weighted by atomic mass is 79.9. The molecule has 0 radical (unpaired) electrons. The molecule has 5 fully saturated rings. The molecule has 60 heavy (non-hydrogen) atoms. The Kier molecular flexibility index (Phi) is 15.2. The van der Waals surface area contributed by atoms with E-state index in [1.54, 1.807) is 28.4 Å². The Morgan fingerprint density at radius 2 is 0.800 bits per heavy atom. The van der Waals surface area contributed by atoms with Crippen LogP contribution in [0.15, 0.2) is 24.3 Å². The number of benzene rings is 2. The number of nitrogens with zero attached hydrogens (tertiary/aromatic N) is 2. The molecular weight excluding hydrogens is 908 g/mol. The van der Waals surface area contributed by atoms with E-state index in [1.165, 1.54) is 13.8 Å². The van der Waals surface area contributed by atoms with Gasteiger partial charge in [0.15, 0.2) is 23.0 Å². The first-order valence-corrected chi connectivity index (χ1v) is 20.7. The highest BCUT2D eigenvalue weighted by Gasteiger charge is 2.55. The minimum Gasteiger partial charge on any atom is -1.00 e. The summed E-state index contributed by atoms with van der Waals surface area (Å²) in [5, 5.41) is 0. The van der Waals surface area contributed by atoms with Crippen LogP contribution in [-0.2, 0) is 41.7 Å². The van der Waals surface area contributed by atoms with Gasteiger partial charge in [-0.05, 0) is 37.1 Å². The number of hydrogen-bond donors (Lipinski definition) is 0. The Morgan fingerprint density at radius 1 is 0.517 bits per heavy atom. The molecule has 6 atom stereocenters. The van der Waals surface area contributed by atoms with Crippen LogP contribution in [0.25, 0.3) is 0 Å². The molecule has 4 heterocycles. The van der Waals surface area contributed by atoms with Crippen molar-refractivity contribution in [2.45, 2.75) is 128 Å². The summed E-state index contributed by atoms with van der Waals surface area (Å²) in [6, 6.07) is 8.85. The Labute approximate surface area is 374 Å². The summed E-state index contributed by atoms with van der Waals surface area (Å²) in [6.45, 7) is 4.15. The van der Waals surface area contributed by atoms with Gasteiger partial charge >= 0.3 is 23.9 Å².